The Morgan fingerprint density at radius 1 is 0.881 bits per heavy atom. The molecule has 2 aliphatic heterocycles. The second kappa shape index (κ2) is 10.7. The van der Waals surface area contributed by atoms with Crippen molar-refractivity contribution in [2.24, 2.45) is 0 Å². The first-order chi connectivity index (χ1) is 19.9. The third-order valence-corrected chi connectivity index (χ3v) is 8.35. The number of rotatable bonds is 8. The highest BCUT2D eigenvalue weighted by Crippen LogP contribution is 2.49. The first-order valence-corrected chi connectivity index (χ1v) is 14.3. The molecular formula is C34H37N2O6+. The molecule has 0 bridgehead atoms. The number of hydrogen-bond donors (Lipinski definition) is 1. The highest BCUT2D eigenvalue weighted by Gasteiger charge is 2.48. The monoisotopic (exact) mass is 569 g/mol. The van der Waals surface area contributed by atoms with E-state index in [2.05, 4.69) is 0 Å². The largest absolute Gasteiger partial charge is 0.506 e. The molecule has 8 heteroatoms. The number of Topliss-reactive ketones (excluding diaryl/α,β-unsaturated/α-hetero) is 1. The molecule has 0 atom stereocenters. The predicted octanol–water partition coefficient (Wildman–Crippen LogP) is 5.19. The third-order valence-electron chi connectivity index (χ3n) is 8.35. The van der Waals surface area contributed by atoms with Crippen LogP contribution < -0.4 is 4.90 Å². The van der Waals surface area contributed by atoms with Gasteiger partial charge in [0.1, 0.15) is 12.3 Å². The van der Waals surface area contributed by atoms with E-state index in [1.807, 2.05) is 85.7 Å². The molecule has 218 valence electrons. The molecule has 3 aliphatic rings. The molecular weight excluding hydrogens is 532 g/mol. The van der Waals surface area contributed by atoms with Crippen LogP contribution in [0.2, 0.25) is 0 Å². The number of ketones is 1. The van der Waals surface area contributed by atoms with Gasteiger partial charge < -0.3 is 19.5 Å². The number of esters is 2. The molecule has 2 heterocycles. The Bertz CT molecular complexity index is 1620. The van der Waals surface area contributed by atoms with Crippen molar-refractivity contribution in [2.45, 2.75) is 52.4 Å². The van der Waals surface area contributed by atoms with Crippen LogP contribution in [-0.2, 0) is 34.7 Å². The van der Waals surface area contributed by atoms with E-state index in [9.17, 15) is 19.5 Å². The minimum Gasteiger partial charge on any atom is -0.506 e. The van der Waals surface area contributed by atoms with E-state index >= 15 is 0 Å². The normalized spacial score (nSPS) is 20.1. The van der Waals surface area contributed by atoms with Gasteiger partial charge in [-0.2, -0.15) is 4.58 Å². The van der Waals surface area contributed by atoms with Crippen LogP contribution in [-0.4, -0.2) is 59.4 Å². The fraction of sp³-hybridized carbons (Fsp3) is 0.353. The molecule has 5 rings (SSSR count). The van der Waals surface area contributed by atoms with E-state index in [1.54, 1.807) is 26.0 Å². The van der Waals surface area contributed by atoms with Crippen molar-refractivity contribution in [3.63, 3.8) is 0 Å². The number of fused-ring (bicyclic) bond motifs is 2. The van der Waals surface area contributed by atoms with E-state index < -0.39 is 10.8 Å². The molecule has 0 saturated carbocycles. The highest BCUT2D eigenvalue weighted by atomic mass is 16.5. The van der Waals surface area contributed by atoms with Crippen molar-refractivity contribution in [1.82, 2.24) is 0 Å². The van der Waals surface area contributed by atoms with Crippen LogP contribution >= 0.6 is 0 Å². The van der Waals surface area contributed by atoms with Crippen molar-refractivity contribution >= 4 is 34.8 Å². The zero-order valence-electron chi connectivity index (χ0n) is 25.0. The Hall–Kier alpha value is -4.46. The lowest BCUT2D eigenvalue weighted by Gasteiger charge is -2.28. The van der Waals surface area contributed by atoms with Gasteiger partial charge in [0.2, 0.25) is 18.0 Å². The van der Waals surface area contributed by atoms with Crippen molar-refractivity contribution in [1.29, 1.82) is 0 Å². The highest BCUT2D eigenvalue weighted by molar-refractivity contribution is 6.24. The number of aliphatic hydroxyl groups is 1. The molecule has 2 aromatic carbocycles. The summed E-state index contributed by atoms with van der Waals surface area (Å²) in [7, 11) is 0. The van der Waals surface area contributed by atoms with Crippen molar-refractivity contribution < 1.29 is 33.5 Å². The van der Waals surface area contributed by atoms with Crippen LogP contribution in [0.25, 0.3) is 0 Å². The molecule has 42 heavy (non-hydrogen) atoms. The molecule has 0 aromatic heterocycles. The number of nitrogens with zero attached hydrogens (tertiary/aromatic N) is 2. The van der Waals surface area contributed by atoms with Gasteiger partial charge in [-0.25, -0.2) is 4.79 Å². The molecule has 0 radical (unpaired) electrons. The predicted molar refractivity (Wildman–Crippen MR) is 160 cm³/mol. The number of allylic oxidation sites excluding steroid dienone is 5. The van der Waals surface area contributed by atoms with Gasteiger partial charge in [-0.05, 0) is 45.4 Å². The van der Waals surface area contributed by atoms with E-state index in [1.165, 1.54) is 0 Å². The lowest BCUT2D eigenvalue weighted by molar-refractivity contribution is -0.428. The second-order valence-electron chi connectivity index (χ2n) is 11.6. The molecule has 0 spiro atoms. The summed E-state index contributed by atoms with van der Waals surface area (Å²) in [4.78, 5) is 40.6. The number of hydrogen-bond acceptors (Lipinski definition) is 7. The van der Waals surface area contributed by atoms with Gasteiger partial charge in [0.25, 0.3) is 0 Å². The number of para-hydroxylation sites is 2. The number of benzene rings is 2. The number of anilines is 1. The molecule has 1 aliphatic carbocycles. The van der Waals surface area contributed by atoms with Crippen LogP contribution in [0.4, 0.5) is 11.4 Å². The van der Waals surface area contributed by atoms with Gasteiger partial charge in [0, 0.05) is 34.5 Å². The third kappa shape index (κ3) is 4.65. The van der Waals surface area contributed by atoms with E-state index in [0.29, 0.717) is 0 Å². The zero-order valence-corrected chi connectivity index (χ0v) is 25.0. The number of carbonyl (C=O) groups excluding carboxylic acids is 3. The summed E-state index contributed by atoms with van der Waals surface area (Å²) in [6.07, 6.45) is 3.37. The van der Waals surface area contributed by atoms with Gasteiger partial charge in [-0.3, -0.25) is 9.59 Å². The summed E-state index contributed by atoms with van der Waals surface area (Å²) >= 11 is 0. The van der Waals surface area contributed by atoms with Gasteiger partial charge in [0.05, 0.1) is 29.8 Å². The summed E-state index contributed by atoms with van der Waals surface area (Å²) < 4.78 is 12.3. The number of aliphatic hydroxyl groups excluding tert-OH is 1. The average Bonchev–Trinajstić information content (AvgIpc) is 3.29. The molecule has 2 aromatic rings. The zero-order chi connectivity index (χ0) is 30.4. The molecule has 1 N–H and O–H groups in total. The first kappa shape index (κ1) is 29.0. The summed E-state index contributed by atoms with van der Waals surface area (Å²) in [6.45, 7) is 12.1. The van der Waals surface area contributed by atoms with Crippen molar-refractivity contribution in [3.05, 3.63) is 94.4 Å². The van der Waals surface area contributed by atoms with Gasteiger partial charge >= 0.3 is 11.9 Å². The maximum absolute atomic E-state index is 13.6. The van der Waals surface area contributed by atoms with Crippen molar-refractivity contribution in [2.75, 3.05) is 31.2 Å². The van der Waals surface area contributed by atoms with Crippen LogP contribution in [0.5, 0.6) is 0 Å². The molecule has 0 saturated heterocycles. The Labute approximate surface area is 246 Å². The maximum Gasteiger partial charge on any atom is 0.372 e. The SMILES string of the molecule is CCOC(=O)CN1/C(=C/C2=C(O)C(=C\C3=[N+](CC(=O)OCC)c4ccccc4C3(C)C)/C2=O)C(C)(C)c2ccccc21. The standard InChI is InChI=1S/C34H36N2O6/c1-7-41-29(37)19-35-25-15-11-9-13-23(25)33(3,4)27(35)17-21-31(39)22(32(21)40)18-28-34(5,6)24-14-10-12-16-26(24)36(28)20-30(38)42-8-2/h9-18H,7-8,19-20H2,1-6H3/p+1. The maximum atomic E-state index is 13.6. The minimum atomic E-state index is -0.531. The van der Waals surface area contributed by atoms with Crippen LogP contribution in [0.15, 0.2) is 83.3 Å². The smallest absolute Gasteiger partial charge is 0.372 e. The quantitative estimate of drug-likeness (QED) is 0.266. The number of ether oxygens (including phenoxy) is 2. The van der Waals surface area contributed by atoms with E-state index in [-0.39, 0.29) is 60.9 Å². The summed E-state index contributed by atoms with van der Waals surface area (Å²) in [5.74, 6) is -1.18. The topological polar surface area (TPSA) is 96.2 Å². The van der Waals surface area contributed by atoms with E-state index in [0.717, 1.165) is 33.9 Å². The fourth-order valence-corrected chi connectivity index (χ4v) is 6.20. The Balaban J connectivity index is 1.58. The Morgan fingerprint density at radius 3 is 2.17 bits per heavy atom. The van der Waals surface area contributed by atoms with Gasteiger partial charge in [-0.1, -0.05) is 50.2 Å². The fourth-order valence-electron chi connectivity index (χ4n) is 6.20. The minimum absolute atomic E-state index is 0.0156. The second-order valence-corrected chi connectivity index (χ2v) is 11.6. The number of carbonyl (C=O) groups is 3. The molecule has 0 amide bonds. The average molecular weight is 570 g/mol. The summed E-state index contributed by atoms with van der Waals surface area (Å²) in [6, 6.07) is 15.6. The summed E-state index contributed by atoms with van der Waals surface area (Å²) in [5, 5.41) is 11.2. The van der Waals surface area contributed by atoms with Gasteiger partial charge in [0.15, 0.2) is 5.71 Å². The Morgan fingerprint density at radius 2 is 1.50 bits per heavy atom. The van der Waals surface area contributed by atoms with E-state index in [4.69, 9.17) is 9.47 Å². The first-order valence-electron chi connectivity index (χ1n) is 14.3. The lowest BCUT2D eigenvalue weighted by atomic mass is 9.77. The Kier molecular flexibility index (Phi) is 7.43. The van der Waals surface area contributed by atoms with Crippen LogP contribution in [0.1, 0.15) is 52.7 Å². The van der Waals surface area contributed by atoms with Gasteiger partial charge in [-0.15, -0.1) is 0 Å². The van der Waals surface area contributed by atoms with Crippen LogP contribution in [0, 0.1) is 0 Å². The summed E-state index contributed by atoms with van der Waals surface area (Å²) in [5.41, 5.74) is 4.48. The van der Waals surface area contributed by atoms with Crippen LogP contribution in [0.3, 0.4) is 0 Å². The molecule has 8 nitrogen and oxygen atoms in total. The lowest BCUT2D eigenvalue weighted by Crippen LogP contribution is -2.34. The molecule has 0 unspecified atom stereocenters. The van der Waals surface area contributed by atoms with Crippen molar-refractivity contribution in [3.8, 4) is 0 Å². The molecule has 0 fully saturated rings.